The standard InChI is InChI=1S/C13H17NOS/c1-9-4-5-12(8-10(9)2)13(15)14-6-7-16-11(14)3/h4-5,8,11H,6-7H2,1-3H3. The topological polar surface area (TPSA) is 20.3 Å². The minimum atomic E-state index is 0.167. The van der Waals surface area contributed by atoms with E-state index in [9.17, 15) is 4.79 Å². The predicted octanol–water partition coefficient (Wildman–Crippen LogP) is 2.84. The Kier molecular flexibility index (Phi) is 3.24. The quantitative estimate of drug-likeness (QED) is 0.746. The number of carbonyl (C=O) groups excluding carboxylic acids is 1. The molecule has 1 saturated heterocycles. The normalized spacial score (nSPS) is 20.2. The summed E-state index contributed by atoms with van der Waals surface area (Å²) >= 11 is 1.84. The molecule has 0 saturated carbocycles. The van der Waals surface area contributed by atoms with Crippen LogP contribution in [0, 0.1) is 13.8 Å². The molecule has 16 heavy (non-hydrogen) atoms. The van der Waals surface area contributed by atoms with Gasteiger partial charge in [-0.05, 0) is 44.0 Å². The molecular weight excluding hydrogens is 218 g/mol. The molecule has 3 heteroatoms. The molecule has 1 amide bonds. The lowest BCUT2D eigenvalue weighted by Gasteiger charge is -2.20. The summed E-state index contributed by atoms with van der Waals surface area (Å²) in [6, 6.07) is 5.95. The van der Waals surface area contributed by atoms with Gasteiger partial charge in [-0.1, -0.05) is 6.07 Å². The van der Waals surface area contributed by atoms with Gasteiger partial charge in [0.2, 0.25) is 0 Å². The Labute approximate surface area is 101 Å². The van der Waals surface area contributed by atoms with Gasteiger partial charge in [-0.2, -0.15) is 0 Å². The van der Waals surface area contributed by atoms with Gasteiger partial charge in [-0.3, -0.25) is 4.79 Å². The zero-order valence-corrected chi connectivity index (χ0v) is 10.8. The van der Waals surface area contributed by atoms with Crippen LogP contribution in [0.25, 0.3) is 0 Å². The van der Waals surface area contributed by atoms with E-state index in [2.05, 4.69) is 13.8 Å². The number of aryl methyl sites for hydroxylation is 2. The molecule has 0 aliphatic carbocycles. The molecule has 1 unspecified atom stereocenters. The van der Waals surface area contributed by atoms with Crippen molar-refractivity contribution in [2.24, 2.45) is 0 Å². The monoisotopic (exact) mass is 235 g/mol. The van der Waals surface area contributed by atoms with Gasteiger partial charge in [-0.25, -0.2) is 0 Å². The van der Waals surface area contributed by atoms with Crippen LogP contribution in [0.5, 0.6) is 0 Å². The molecular formula is C13H17NOS. The summed E-state index contributed by atoms with van der Waals surface area (Å²) in [5, 5.41) is 0.314. The summed E-state index contributed by atoms with van der Waals surface area (Å²) < 4.78 is 0. The average Bonchev–Trinajstić information content (AvgIpc) is 2.67. The molecule has 0 bridgehead atoms. The van der Waals surface area contributed by atoms with E-state index in [0.29, 0.717) is 5.37 Å². The van der Waals surface area contributed by atoms with Gasteiger partial charge in [-0.15, -0.1) is 11.8 Å². The van der Waals surface area contributed by atoms with Gasteiger partial charge in [0.1, 0.15) is 0 Å². The second-order valence-corrected chi connectivity index (χ2v) is 5.69. The van der Waals surface area contributed by atoms with Crippen LogP contribution in [0.2, 0.25) is 0 Å². The molecule has 1 atom stereocenters. The maximum Gasteiger partial charge on any atom is 0.254 e. The predicted molar refractivity (Wildman–Crippen MR) is 68.9 cm³/mol. The van der Waals surface area contributed by atoms with E-state index < -0.39 is 0 Å². The van der Waals surface area contributed by atoms with Gasteiger partial charge in [0.25, 0.3) is 5.91 Å². The zero-order chi connectivity index (χ0) is 11.7. The molecule has 1 aromatic carbocycles. The molecule has 0 aromatic heterocycles. The highest BCUT2D eigenvalue weighted by Crippen LogP contribution is 2.25. The summed E-state index contributed by atoms with van der Waals surface area (Å²) in [6.45, 7) is 7.08. The van der Waals surface area contributed by atoms with E-state index >= 15 is 0 Å². The first-order valence-corrected chi connectivity index (χ1v) is 6.64. The van der Waals surface area contributed by atoms with Crippen molar-refractivity contribution in [1.29, 1.82) is 0 Å². The van der Waals surface area contributed by atoms with Crippen molar-refractivity contribution in [3.63, 3.8) is 0 Å². The fraction of sp³-hybridized carbons (Fsp3) is 0.462. The molecule has 0 spiro atoms. The lowest BCUT2D eigenvalue weighted by molar-refractivity contribution is 0.0768. The number of amides is 1. The Balaban J connectivity index is 2.23. The summed E-state index contributed by atoms with van der Waals surface area (Å²) in [7, 11) is 0. The number of hydrogen-bond donors (Lipinski definition) is 0. The molecule has 0 N–H and O–H groups in total. The first-order chi connectivity index (χ1) is 7.59. The SMILES string of the molecule is Cc1ccc(C(=O)N2CCSC2C)cc1C. The number of benzene rings is 1. The van der Waals surface area contributed by atoms with Gasteiger partial charge >= 0.3 is 0 Å². The number of nitrogens with zero attached hydrogens (tertiary/aromatic N) is 1. The zero-order valence-electron chi connectivity index (χ0n) is 9.99. The van der Waals surface area contributed by atoms with Crippen LogP contribution in [-0.4, -0.2) is 28.5 Å². The van der Waals surface area contributed by atoms with Crippen LogP contribution in [0.1, 0.15) is 28.4 Å². The molecule has 1 aliphatic heterocycles. The van der Waals surface area contributed by atoms with E-state index in [1.54, 1.807) is 0 Å². The van der Waals surface area contributed by atoms with Crippen molar-refractivity contribution in [3.8, 4) is 0 Å². The largest absolute Gasteiger partial charge is 0.326 e. The average molecular weight is 235 g/mol. The maximum atomic E-state index is 12.2. The van der Waals surface area contributed by atoms with E-state index in [1.807, 2.05) is 41.8 Å². The van der Waals surface area contributed by atoms with Crippen molar-refractivity contribution in [1.82, 2.24) is 4.90 Å². The van der Waals surface area contributed by atoms with E-state index in [4.69, 9.17) is 0 Å². The summed E-state index contributed by atoms with van der Waals surface area (Å²) in [5.41, 5.74) is 3.24. The van der Waals surface area contributed by atoms with Gasteiger partial charge < -0.3 is 4.90 Å². The molecule has 0 radical (unpaired) electrons. The minimum Gasteiger partial charge on any atom is -0.326 e. The molecule has 1 aliphatic rings. The van der Waals surface area contributed by atoms with Crippen molar-refractivity contribution in [3.05, 3.63) is 34.9 Å². The second kappa shape index (κ2) is 4.50. The van der Waals surface area contributed by atoms with E-state index in [0.717, 1.165) is 17.9 Å². The lowest BCUT2D eigenvalue weighted by Crippen LogP contribution is -2.33. The Hall–Kier alpha value is -0.960. The first-order valence-electron chi connectivity index (χ1n) is 5.59. The number of rotatable bonds is 1. The van der Waals surface area contributed by atoms with Gasteiger partial charge in [0.05, 0.1) is 5.37 Å². The fourth-order valence-corrected chi connectivity index (χ4v) is 2.92. The second-order valence-electron chi connectivity index (χ2n) is 4.27. The number of thioether (sulfide) groups is 1. The number of hydrogen-bond acceptors (Lipinski definition) is 2. The molecule has 86 valence electrons. The molecule has 1 fully saturated rings. The van der Waals surface area contributed by atoms with Crippen molar-refractivity contribution >= 4 is 17.7 Å². The highest BCUT2D eigenvalue weighted by atomic mass is 32.2. The van der Waals surface area contributed by atoms with Crippen LogP contribution >= 0.6 is 11.8 Å². The Morgan fingerprint density at radius 2 is 2.12 bits per heavy atom. The molecule has 1 heterocycles. The smallest absolute Gasteiger partial charge is 0.254 e. The van der Waals surface area contributed by atoms with E-state index in [1.165, 1.54) is 11.1 Å². The van der Waals surface area contributed by atoms with Crippen LogP contribution in [0.4, 0.5) is 0 Å². The Morgan fingerprint density at radius 3 is 2.69 bits per heavy atom. The highest BCUT2D eigenvalue weighted by Gasteiger charge is 2.26. The van der Waals surface area contributed by atoms with Crippen LogP contribution in [0.15, 0.2) is 18.2 Å². The summed E-state index contributed by atoms with van der Waals surface area (Å²) in [5.74, 6) is 1.22. The Bertz CT molecular complexity index is 416. The van der Waals surface area contributed by atoms with Gasteiger partial charge in [0.15, 0.2) is 0 Å². The lowest BCUT2D eigenvalue weighted by atomic mass is 10.1. The van der Waals surface area contributed by atoms with E-state index in [-0.39, 0.29) is 5.91 Å². The Morgan fingerprint density at radius 1 is 1.38 bits per heavy atom. The van der Waals surface area contributed by atoms with Crippen molar-refractivity contribution in [2.75, 3.05) is 12.3 Å². The molecule has 2 nitrogen and oxygen atoms in total. The summed E-state index contributed by atoms with van der Waals surface area (Å²) in [4.78, 5) is 14.2. The first kappa shape index (κ1) is 11.5. The highest BCUT2D eigenvalue weighted by molar-refractivity contribution is 8.00. The third kappa shape index (κ3) is 2.09. The van der Waals surface area contributed by atoms with Crippen molar-refractivity contribution < 1.29 is 4.79 Å². The maximum absolute atomic E-state index is 12.2. The molecule has 2 rings (SSSR count). The van der Waals surface area contributed by atoms with Crippen LogP contribution < -0.4 is 0 Å². The third-order valence-electron chi connectivity index (χ3n) is 3.14. The fourth-order valence-electron chi connectivity index (χ4n) is 1.90. The summed E-state index contributed by atoms with van der Waals surface area (Å²) in [6.07, 6.45) is 0. The van der Waals surface area contributed by atoms with Crippen LogP contribution in [-0.2, 0) is 0 Å². The minimum absolute atomic E-state index is 0.167. The number of carbonyl (C=O) groups is 1. The molecule has 1 aromatic rings. The van der Waals surface area contributed by atoms with Crippen molar-refractivity contribution in [2.45, 2.75) is 26.1 Å². The van der Waals surface area contributed by atoms with Crippen LogP contribution in [0.3, 0.4) is 0 Å². The third-order valence-corrected chi connectivity index (χ3v) is 4.30. The van der Waals surface area contributed by atoms with Gasteiger partial charge in [0, 0.05) is 17.9 Å².